The summed E-state index contributed by atoms with van der Waals surface area (Å²) in [6, 6.07) is 10.8. The summed E-state index contributed by atoms with van der Waals surface area (Å²) in [6.45, 7) is 0. The van der Waals surface area contributed by atoms with Crippen LogP contribution in [-0.2, 0) is 6.42 Å². The van der Waals surface area contributed by atoms with Gasteiger partial charge in [-0.15, -0.1) is 0 Å². The molecule has 0 bridgehead atoms. The maximum Gasteiger partial charge on any atom is 0.181 e. The standard InChI is InChI=1S/C15H11Cl3N4/c16-10-5-4-9(6-12(10)19)15-20-13(21-22-15)7-8-2-1-3-11(17)14(8)18/h1-6H,7,19H2,(H,20,21,22). The number of hydrogen-bond donors (Lipinski definition) is 2. The second-order valence-electron chi connectivity index (χ2n) is 4.73. The van der Waals surface area contributed by atoms with Crippen LogP contribution >= 0.6 is 34.8 Å². The van der Waals surface area contributed by atoms with Gasteiger partial charge in [0.25, 0.3) is 0 Å². The minimum atomic E-state index is 0.489. The van der Waals surface area contributed by atoms with Crippen LogP contribution in [0.4, 0.5) is 5.69 Å². The number of nitrogen functional groups attached to an aromatic ring is 1. The van der Waals surface area contributed by atoms with E-state index in [0.29, 0.717) is 38.8 Å². The minimum absolute atomic E-state index is 0.489. The predicted octanol–water partition coefficient (Wildman–Crippen LogP) is 4.60. The number of H-pyrrole nitrogens is 1. The summed E-state index contributed by atoms with van der Waals surface area (Å²) in [6.07, 6.45) is 0.509. The zero-order chi connectivity index (χ0) is 15.7. The first-order valence-corrected chi connectivity index (χ1v) is 7.57. The van der Waals surface area contributed by atoms with Gasteiger partial charge in [0.15, 0.2) is 5.82 Å². The number of hydrogen-bond acceptors (Lipinski definition) is 3. The van der Waals surface area contributed by atoms with Crippen molar-refractivity contribution in [3.63, 3.8) is 0 Å². The van der Waals surface area contributed by atoms with E-state index in [2.05, 4.69) is 15.2 Å². The summed E-state index contributed by atoms with van der Waals surface area (Å²) in [5.41, 5.74) is 7.96. The van der Waals surface area contributed by atoms with E-state index < -0.39 is 0 Å². The fraction of sp³-hybridized carbons (Fsp3) is 0.0667. The Labute approximate surface area is 142 Å². The van der Waals surface area contributed by atoms with Crippen LogP contribution in [0.1, 0.15) is 11.4 Å². The molecule has 0 spiro atoms. The molecule has 2 aromatic carbocycles. The van der Waals surface area contributed by atoms with Crippen LogP contribution in [0.5, 0.6) is 0 Å². The first kappa shape index (κ1) is 15.2. The maximum absolute atomic E-state index is 6.18. The van der Waals surface area contributed by atoms with Gasteiger partial charge in [-0.05, 0) is 29.8 Å². The monoisotopic (exact) mass is 352 g/mol. The van der Waals surface area contributed by atoms with E-state index in [9.17, 15) is 0 Å². The van der Waals surface area contributed by atoms with Crippen molar-refractivity contribution in [2.75, 3.05) is 5.73 Å². The highest BCUT2D eigenvalue weighted by Crippen LogP contribution is 2.28. The highest BCUT2D eigenvalue weighted by molar-refractivity contribution is 6.42. The van der Waals surface area contributed by atoms with E-state index in [1.54, 1.807) is 18.2 Å². The highest BCUT2D eigenvalue weighted by Gasteiger charge is 2.11. The molecule has 3 aromatic rings. The second-order valence-corrected chi connectivity index (χ2v) is 5.92. The third kappa shape index (κ3) is 3.04. The molecule has 1 heterocycles. The Kier molecular flexibility index (Phi) is 4.25. The summed E-state index contributed by atoms with van der Waals surface area (Å²) in [7, 11) is 0. The number of halogens is 3. The van der Waals surface area contributed by atoms with Crippen molar-refractivity contribution in [3.8, 4) is 11.4 Å². The SMILES string of the molecule is Nc1cc(-c2n[nH]c(Cc3cccc(Cl)c3Cl)n2)ccc1Cl. The van der Waals surface area contributed by atoms with Crippen LogP contribution in [-0.4, -0.2) is 15.2 Å². The number of nitrogens with two attached hydrogens (primary N) is 1. The molecule has 0 saturated heterocycles. The molecule has 4 nitrogen and oxygen atoms in total. The Hall–Kier alpha value is -1.75. The topological polar surface area (TPSA) is 67.6 Å². The summed E-state index contributed by atoms with van der Waals surface area (Å²) < 4.78 is 0. The number of nitrogens with one attached hydrogen (secondary N) is 1. The van der Waals surface area contributed by atoms with E-state index in [0.717, 1.165) is 11.1 Å². The Morgan fingerprint density at radius 2 is 1.86 bits per heavy atom. The van der Waals surface area contributed by atoms with Gasteiger partial charge in [-0.3, -0.25) is 5.10 Å². The van der Waals surface area contributed by atoms with Crippen molar-refractivity contribution in [2.45, 2.75) is 6.42 Å². The zero-order valence-corrected chi connectivity index (χ0v) is 13.5. The van der Waals surface area contributed by atoms with Gasteiger partial charge in [-0.25, -0.2) is 4.98 Å². The normalized spacial score (nSPS) is 10.9. The molecule has 0 unspecified atom stereocenters. The smallest absolute Gasteiger partial charge is 0.181 e. The van der Waals surface area contributed by atoms with Gasteiger partial charge >= 0.3 is 0 Å². The molecular weight excluding hydrogens is 343 g/mol. The van der Waals surface area contributed by atoms with Gasteiger partial charge in [-0.2, -0.15) is 5.10 Å². The molecule has 0 fully saturated rings. The van der Waals surface area contributed by atoms with E-state index in [1.165, 1.54) is 0 Å². The fourth-order valence-corrected chi connectivity index (χ4v) is 2.56. The molecule has 7 heteroatoms. The molecule has 0 aliphatic rings. The van der Waals surface area contributed by atoms with Gasteiger partial charge < -0.3 is 5.73 Å². The largest absolute Gasteiger partial charge is 0.398 e. The Morgan fingerprint density at radius 3 is 2.64 bits per heavy atom. The fourth-order valence-electron chi connectivity index (χ4n) is 2.05. The van der Waals surface area contributed by atoms with Gasteiger partial charge in [0, 0.05) is 12.0 Å². The van der Waals surface area contributed by atoms with Crippen molar-refractivity contribution in [1.82, 2.24) is 15.2 Å². The molecular formula is C15H11Cl3N4. The van der Waals surface area contributed by atoms with Crippen molar-refractivity contribution < 1.29 is 0 Å². The number of aromatic amines is 1. The lowest BCUT2D eigenvalue weighted by Crippen LogP contribution is -1.92. The first-order chi connectivity index (χ1) is 10.5. The van der Waals surface area contributed by atoms with Crippen LogP contribution < -0.4 is 5.73 Å². The third-order valence-electron chi connectivity index (χ3n) is 3.18. The van der Waals surface area contributed by atoms with Crippen molar-refractivity contribution in [1.29, 1.82) is 0 Å². The van der Waals surface area contributed by atoms with E-state index in [1.807, 2.05) is 18.2 Å². The predicted molar refractivity (Wildman–Crippen MR) is 90.5 cm³/mol. The lowest BCUT2D eigenvalue weighted by Gasteiger charge is -2.03. The molecule has 3 rings (SSSR count). The molecule has 0 saturated carbocycles. The molecule has 112 valence electrons. The van der Waals surface area contributed by atoms with Gasteiger partial charge in [0.05, 0.1) is 20.8 Å². The molecule has 0 amide bonds. The van der Waals surface area contributed by atoms with Crippen LogP contribution in [0.25, 0.3) is 11.4 Å². The average Bonchev–Trinajstić information content (AvgIpc) is 2.95. The number of rotatable bonds is 3. The van der Waals surface area contributed by atoms with E-state index >= 15 is 0 Å². The quantitative estimate of drug-likeness (QED) is 0.676. The minimum Gasteiger partial charge on any atom is -0.398 e. The number of nitrogens with zero attached hydrogens (tertiary/aromatic N) is 2. The average molecular weight is 354 g/mol. The maximum atomic E-state index is 6.18. The lowest BCUT2D eigenvalue weighted by atomic mass is 10.1. The van der Waals surface area contributed by atoms with Gasteiger partial charge in [0.1, 0.15) is 5.82 Å². The zero-order valence-electron chi connectivity index (χ0n) is 11.3. The Balaban J connectivity index is 1.87. The van der Waals surface area contributed by atoms with Crippen LogP contribution in [0, 0.1) is 0 Å². The van der Waals surface area contributed by atoms with Crippen molar-refractivity contribution >= 4 is 40.5 Å². The summed E-state index contributed by atoms with van der Waals surface area (Å²) in [5.74, 6) is 1.24. The van der Waals surface area contributed by atoms with Crippen LogP contribution in [0.15, 0.2) is 36.4 Å². The number of aromatic nitrogens is 3. The lowest BCUT2D eigenvalue weighted by molar-refractivity contribution is 0.973. The molecule has 3 N–H and O–H groups in total. The molecule has 22 heavy (non-hydrogen) atoms. The van der Waals surface area contributed by atoms with Crippen LogP contribution in [0.3, 0.4) is 0 Å². The molecule has 0 aliphatic heterocycles. The second kappa shape index (κ2) is 6.16. The summed E-state index contributed by atoms with van der Waals surface area (Å²) in [4.78, 5) is 4.45. The van der Waals surface area contributed by atoms with Crippen molar-refractivity contribution in [2.24, 2.45) is 0 Å². The third-order valence-corrected chi connectivity index (χ3v) is 4.38. The number of anilines is 1. The number of benzene rings is 2. The van der Waals surface area contributed by atoms with Gasteiger partial charge in [0.2, 0.25) is 0 Å². The molecule has 0 radical (unpaired) electrons. The highest BCUT2D eigenvalue weighted by atomic mass is 35.5. The summed E-state index contributed by atoms with van der Waals surface area (Å²) in [5, 5.41) is 8.64. The summed E-state index contributed by atoms with van der Waals surface area (Å²) >= 11 is 18.1. The van der Waals surface area contributed by atoms with E-state index in [-0.39, 0.29) is 0 Å². The van der Waals surface area contributed by atoms with Gasteiger partial charge in [-0.1, -0.05) is 46.9 Å². The Bertz CT molecular complexity index is 829. The first-order valence-electron chi connectivity index (χ1n) is 6.44. The molecule has 0 atom stereocenters. The molecule has 1 aromatic heterocycles. The van der Waals surface area contributed by atoms with Crippen LogP contribution in [0.2, 0.25) is 15.1 Å². The molecule has 0 aliphatic carbocycles. The van der Waals surface area contributed by atoms with Crippen molar-refractivity contribution in [3.05, 3.63) is 62.9 Å². The Morgan fingerprint density at radius 1 is 1.05 bits per heavy atom. The van der Waals surface area contributed by atoms with E-state index in [4.69, 9.17) is 40.5 Å².